The Kier molecular flexibility index (Phi) is 31.8. The smallest absolute Gasteiger partial charge is 0.293 e. The number of aromatic amines is 5. The van der Waals surface area contributed by atoms with Gasteiger partial charge in [0.1, 0.15) is 66.9 Å². The summed E-state index contributed by atoms with van der Waals surface area (Å²) in [6.07, 6.45) is 9.52. The Bertz CT molecular complexity index is 5730. The summed E-state index contributed by atoms with van der Waals surface area (Å²) < 4.78 is 51.0. The van der Waals surface area contributed by atoms with Gasteiger partial charge in [0, 0.05) is 29.0 Å². The number of nitrogen functional groups attached to an aromatic ring is 5. The summed E-state index contributed by atoms with van der Waals surface area (Å²) in [5.41, 5.74) is 26.0. The third-order valence-corrected chi connectivity index (χ3v) is 30.5. The summed E-state index contributed by atoms with van der Waals surface area (Å²) >= 11 is 11.3. The van der Waals surface area contributed by atoms with Crippen LogP contribution in [0.25, 0.3) is 55.8 Å². The molecule has 5 saturated heterocycles. The SMILES string of the molecule is C=P(C)(C)CC[C@H]1OC(n2c(Br)nc3c(=O)[nH]c(N)nc32)[C@H](O)[C@@H]1O.C=P(C)(C)CC[C@H]1OC(n2c(CCCC)nc3c(=O)[nH]c(N)nc32)[C@H](O)[C@@H]1O.C=P(C)(C)CC[C@H]1OC(n2c(Cl)nc3c(=O)[nH]c(N)nc32)[C@H](O)[C@@H]1O.C=P(C)(C)CC[C@H]1OC(n2c(F)nc3c(=O)[nH]c(N)nc32)[C@H](O)[C@@H]1O.C=P(C)(C)CC[C@H]1OC(n2c(I)nc3c(=O)[nH]c(N)nc32)[C@H](O)[C@@H]1O. The fourth-order valence-corrected chi connectivity index (χ4v) is 21.2. The Morgan fingerprint density at radius 3 is 0.961 bits per heavy atom. The lowest BCUT2D eigenvalue weighted by Crippen LogP contribution is -2.32. The van der Waals surface area contributed by atoms with Gasteiger partial charge >= 0.3 is 0 Å². The van der Waals surface area contributed by atoms with Crippen molar-refractivity contribution in [2.24, 2.45) is 0 Å². The van der Waals surface area contributed by atoms with Crippen LogP contribution in [0.15, 0.2) is 28.7 Å². The monoisotopic (exact) mass is 2090 g/mol. The molecule has 5 aliphatic heterocycles. The second kappa shape index (κ2) is 40.1. The molecule has 5 aliphatic rings. The molecular weight excluding hydrogens is 1980 g/mol. The van der Waals surface area contributed by atoms with E-state index in [1.807, 2.05) is 35.9 Å². The van der Waals surface area contributed by atoms with Gasteiger partial charge in [0.2, 0.25) is 35.0 Å². The number of hydrogen-bond acceptors (Lipinski definition) is 35. The van der Waals surface area contributed by atoms with Crippen LogP contribution in [0, 0.1) is 9.91 Å². The second-order valence-corrected chi connectivity index (χ2v) is 59.2. The number of aromatic nitrogens is 20. The van der Waals surface area contributed by atoms with Crippen molar-refractivity contribution >= 4 is 202 Å². The number of ether oxygens (including phenoxy) is 5. The molecule has 54 heteroatoms. The maximum atomic E-state index is 14.3. The van der Waals surface area contributed by atoms with Crippen LogP contribution in [0.2, 0.25) is 5.28 Å². The predicted molar refractivity (Wildman–Crippen MR) is 513 cm³/mol. The number of nitrogens with two attached hydrogens (primary N) is 5. The highest BCUT2D eigenvalue weighted by atomic mass is 127. The molecule has 5 fully saturated rings. The maximum Gasteiger partial charge on any atom is 0.293 e. The van der Waals surface area contributed by atoms with Gasteiger partial charge in [0.15, 0.2) is 95.5 Å². The van der Waals surface area contributed by atoms with E-state index < -0.39 is 191 Å². The minimum Gasteiger partial charge on any atom is -0.388 e. The van der Waals surface area contributed by atoms with E-state index in [0.717, 1.165) is 48.2 Å². The van der Waals surface area contributed by atoms with Gasteiger partial charge in [-0.2, -0.15) is 34.3 Å². The zero-order chi connectivity index (χ0) is 94.7. The van der Waals surface area contributed by atoms with Gasteiger partial charge < -0.3 is 103 Å². The molecule has 10 aromatic rings. The predicted octanol–water partition coefficient (Wildman–Crippen LogP) is 0.604. The number of aliphatic hydroxyl groups excluding tert-OH is 10. The third-order valence-electron chi connectivity index (χ3n) is 21.6. The molecule has 5 unspecified atom stereocenters. The molecular formula is C74H114BrClFIN25O20P5. The van der Waals surface area contributed by atoms with Crippen LogP contribution in [-0.2, 0) is 30.1 Å². The van der Waals surface area contributed by atoms with E-state index in [1.54, 1.807) is 4.57 Å². The Hall–Kier alpha value is -6.92. The van der Waals surface area contributed by atoms with Gasteiger partial charge in [0.05, 0.1) is 30.5 Å². The molecule has 128 heavy (non-hydrogen) atoms. The molecule has 10 aromatic heterocycles. The van der Waals surface area contributed by atoms with E-state index in [2.05, 4.69) is 182 Å². The summed E-state index contributed by atoms with van der Waals surface area (Å²) in [5.74, 6) is 0.106. The average molecular weight is 2090 g/mol. The summed E-state index contributed by atoms with van der Waals surface area (Å²) in [7, 11) is 0. The number of nitrogens with one attached hydrogen (secondary N) is 5. The first kappa shape index (κ1) is 102. The van der Waals surface area contributed by atoms with Crippen LogP contribution >= 0.6 is 84.6 Å². The number of aryl methyl sites for hydroxylation is 1. The molecule has 0 radical (unpaired) electrons. The Balaban J connectivity index is 0.000000155. The molecule has 0 aliphatic carbocycles. The fraction of sp³-hybridized carbons (Fsp3) is 0.595. The van der Waals surface area contributed by atoms with E-state index in [4.69, 9.17) is 64.0 Å². The van der Waals surface area contributed by atoms with Crippen molar-refractivity contribution in [1.82, 2.24) is 97.6 Å². The molecule has 15 rings (SSSR count). The molecule has 25 N–H and O–H groups in total. The molecule has 0 aromatic carbocycles. The molecule has 0 saturated carbocycles. The van der Waals surface area contributed by atoms with Gasteiger partial charge in [-0.15, -0.1) is 65.9 Å². The third kappa shape index (κ3) is 23.3. The molecule has 15 heterocycles. The number of hydrogen-bond donors (Lipinski definition) is 20. The van der Waals surface area contributed by atoms with E-state index in [-0.39, 0.29) is 95.6 Å². The topological polar surface area (TPSA) is 696 Å². The summed E-state index contributed by atoms with van der Waals surface area (Å²) in [4.78, 5) is 112. The molecule has 708 valence electrons. The largest absolute Gasteiger partial charge is 0.388 e. The lowest BCUT2D eigenvalue weighted by atomic mass is 10.1. The number of aliphatic hydroxyl groups is 10. The van der Waals surface area contributed by atoms with E-state index in [0.29, 0.717) is 48.2 Å². The normalized spacial score (nSPS) is 26.9. The number of unbranched alkanes of at least 4 members (excludes halogenated alkanes) is 1. The zero-order valence-electron chi connectivity index (χ0n) is 72.2. The van der Waals surface area contributed by atoms with Crippen LogP contribution in [0.5, 0.6) is 0 Å². The first-order valence-corrected chi connectivity index (χ1v) is 57.9. The van der Waals surface area contributed by atoms with Crippen LogP contribution in [0.3, 0.4) is 0 Å². The zero-order valence-corrected chi connectivity index (χ0v) is 81.1. The Morgan fingerprint density at radius 1 is 0.383 bits per heavy atom. The number of fused-ring (bicyclic) bond motifs is 5. The van der Waals surface area contributed by atoms with Gasteiger partial charge in [-0.1, -0.05) is 13.3 Å². The molecule has 45 nitrogen and oxygen atoms in total. The lowest BCUT2D eigenvalue weighted by Gasteiger charge is -2.20. The number of H-pyrrole nitrogens is 5. The van der Waals surface area contributed by atoms with E-state index >= 15 is 0 Å². The van der Waals surface area contributed by atoms with Crippen LogP contribution in [0.4, 0.5) is 34.1 Å². The molecule has 20 atom stereocenters. The van der Waals surface area contributed by atoms with Crippen molar-refractivity contribution in [1.29, 1.82) is 0 Å². The number of halogens is 4. The highest BCUT2D eigenvalue weighted by Crippen LogP contribution is 2.47. The summed E-state index contributed by atoms with van der Waals surface area (Å²) in [5, 5.41) is 104. The van der Waals surface area contributed by atoms with Crippen molar-refractivity contribution in [2.45, 2.75) is 181 Å². The van der Waals surface area contributed by atoms with Gasteiger partial charge in [-0.25, -0.2) is 19.9 Å². The van der Waals surface area contributed by atoms with Crippen molar-refractivity contribution in [3.05, 3.63) is 77.5 Å². The summed E-state index contributed by atoms with van der Waals surface area (Å²) in [6.45, 7) is 16.5. The van der Waals surface area contributed by atoms with E-state index in [9.17, 15) is 79.4 Å². The minimum absolute atomic E-state index is 0.0160. The first-order chi connectivity index (χ1) is 59.4. The molecule has 0 bridgehead atoms. The number of anilines is 5. The fourth-order valence-electron chi connectivity index (χ4n) is 14.9. The van der Waals surface area contributed by atoms with Crippen molar-refractivity contribution in [2.75, 3.05) is 126 Å². The number of nitrogens with zero attached hydrogens (tertiary/aromatic N) is 15. The van der Waals surface area contributed by atoms with Crippen LogP contribution in [-0.4, -0.2) is 369 Å². The van der Waals surface area contributed by atoms with Gasteiger partial charge in [0.25, 0.3) is 33.9 Å². The molecule has 0 spiro atoms. The Labute approximate surface area is 758 Å². The number of rotatable bonds is 23. The van der Waals surface area contributed by atoms with Crippen molar-refractivity contribution < 1.29 is 79.1 Å². The molecule has 0 amide bonds. The van der Waals surface area contributed by atoms with Gasteiger partial charge in [-0.3, -0.25) is 71.7 Å². The Morgan fingerprint density at radius 2 is 0.633 bits per heavy atom. The first-order valence-electron chi connectivity index (χ1n) is 40.4. The highest BCUT2D eigenvalue weighted by Gasteiger charge is 2.51. The van der Waals surface area contributed by atoms with Crippen LogP contribution in [0.1, 0.15) is 88.8 Å². The standard InChI is InChI=1S/C18H30N5O4P.C14H21BrN5O4P.C14H21ClN5O4P.C14H21FN5O4P.C14H21IN5O4P/c1-5-6-7-11-20-12-15(21-18(19)22-16(12)26)23(11)17-14(25)13(24)10(27-17)8-9-28(2,3)4;4*1-25(2,3)5-4-6-8(21)9(22)12(24-6)20-10-7(17-13(20)15)11(23)19-14(16)18-10/h10,13-14,17,24-25H,2,5-9H2,1,3-4H3,(H3,19,21,22,26);4*6,8-9,12,21-22H,1,4-5H2,2-3H3,(H3,16,18,19,23)/t10-,13-,14-,17?;4*6-,8-,9-,12?/m11111/s1. The van der Waals surface area contributed by atoms with Crippen molar-refractivity contribution in [3.8, 4) is 0 Å². The quantitative estimate of drug-likeness (QED) is 0.0237. The average Bonchev–Trinajstić information content (AvgIpc) is 1.59. The lowest BCUT2D eigenvalue weighted by molar-refractivity contribution is -0.0412. The van der Waals surface area contributed by atoms with Gasteiger partial charge in [-0.05, 0) is 164 Å². The highest BCUT2D eigenvalue weighted by molar-refractivity contribution is 14.1. The minimum atomic E-state index is -1.40. The second-order valence-electron chi connectivity index (χ2n) is 35.6. The van der Waals surface area contributed by atoms with Crippen LogP contribution < -0.4 is 56.5 Å². The van der Waals surface area contributed by atoms with E-state index in [1.165, 1.54) is 13.7 Å². The van der Waals surface area contributed by atoms with Crippen molar-refractivity contribution in [3.63, 3.8) is 0 Å². The number of imidazole rings is 5. The maximum absolute atomic E-state index is 14.3. The summed E-state index contributed by atoms with van der Waals surface area (Å²) in [6, 6.07) is 0.